The molecule has 1 unspecified atom stereocenters. The number of thiazole rings is 1. The van der Waals surface area contributed by atoms with Gasteiger partial charge in [0.2, 0.25) is 5.91 Å². The Morgan fingerprint density at radius 3 is 3.00 bits per heavy atom. The smallest absolute Gasteiger partial charge is 0.245 e. The van der Waals surface area contributed by atoms with Crippen molar-refractivity contribution in [3.63, 3.8) is 0 Å². The number of carbonyl (C=O) groups is 1. The van der Waals surface area contributed by atoms with Crippen molar-refractivity contribution in [3.8, 4) is 0 Å². The van der Waals surface area contributed by atoms with Gasteiger partial charge in [0.1, 0.15) is 6.04 Å². The molecule has 0 spiro atoms. The van der Waals surface area contributed by atoms with Crippen molar-refractivity contribution in [2.45, 2.75) is 25.8 Å². The Labute approximate surface area is 117 Å². The molecular formula is C11H18ClN3O2S. The molecule has 1 amide bonds. The van der Waals surface area contributed by atoms with Crippen molar-refractivity contribution >= 4 is 34.8 Å². The fourth-order valence-electron chi connectivity index (χ4n) is 1.54. The second-order valence-corrected chi connectivity index (χ2v) is 5.16. The lowest BCUT2D eigenvalue weighted by atomic mass is 10.2. The molecule has 1 aromatic rings. The molecule has 1 aromatic heterocycles. The third-order valence-corrected chi connectivity index (χ3v) is 3.36. The maximum atomic E-state index is 11.9. The number of halogens is 1. The van der Waals surface area contributed by atoms with Crippen molar-refractivity contribution in [2.24, 2.45) is 0 Å². The van der Waals surface area contributed by atoms with Gasteiger partial charge in [0.15, 0.2) is 5.13 Å². The summed E-state index contributed by atoms with van der Waals surface area (Å²) in [5.41, 5.74) is 1.01. The zero-order valence-corrected chi connectivity index (χ0v) is 12.1. The minimum Gasteiger partial charge on any atom is -0.378 e. The number of amides is 1. The van der Waals surface area contributed by atoms with Crippen LogP contribution in [0.4, 0.5) is 5.13 Å². The Balaban J connectivity index is 0.00000162. The molecule has 2 N–H and O–H groups in total. The summed E-state index contributed by atoms with van der Waals surface area (Å²) in [6.45, 7) is 5.97. The van der Waals surface area contributed by atoms with E-state index in [2.05, 4.69) is 29.5 Å². The number of aromatic nitrogens is 1. The predicted octanol–water partition coefficient (Wildman–Crippen LogP) is 1.62. The minimum absolute atomic E-state index is 0. The van der Waals surface area contributed by atoms with Crippen molar-refractivity contribution in [3.05, 3.63) is 11.1 Å². The Hall–Kier alpha value is -0.690. The van der Waals surface area contributed by atoms with Crippen molar-refractivity contribution in [1.29, 1.82) is 0 Å². The largest absolute Gasteiger partial charge is 0.378 e. The predicted molar refractivity (Wildman–Crippen MR) is 74.7 cm³/mol. The van der Waals surface area contributed by atoms with E-state index in [1.165, 1.54) is 11.3 Å². The molecule has 2 heterocycles. The molecule has 1 saturated heterocycles. The second-order valence-electron chi connectivity index (χ2n) is 4.30. The molecule has 7 heteroatoms. The lowest BCUT2D eigenvalue weighted by molar-refractivity contribution is -0.120. The van der Waals surface area contributed by atoms with Gasteiger partial charge in [-0.2, -0.15) is 0 Å². The SMILES string of the molecule is CC(C)c1csc(NC(=O)C2COCCN2)n1.Cl. The average molecular weight is 292 g/mol. The van der Waals surface area contributed by atoms with Gasteiger partial charge >= 0.3 is 0 Å². The summed E-state index contributed by atoms with van der Waals surface area (Å²) in [5.74, 6) is 0.308. The highest BCUT2D eigenvalue weighted by Gasteiger charge is 2.22. The molecule has 0 aliphatic carbocycles. The Bertz CT molecular complexity index is 391. The van der Waals surface area contributed by atoms with Gasteiger partial charge in [0.25, 0.3) is 0 Å². The van der Waals surface area contributed by atoms with E-state index in [-0.39, 0.29) is 24.4 Å². The van der Waals surface area contributed by atoms with Gasteiger partial charge in [-0.3, -0.25) is 4.79 Å². The van der Waals surface area contributed by atoms with Crippen LogP contribution in [-0.4, -0.2) is 36.7 Å². The van der Waals surface area contributed by atoms with Crippen LogP contribution in [-0.2, 0) is 9.53 Å². The fraction of sp³-hybridized carbons (Fsp3) is 0.636. The van der Waals surface area contributed by atoms with Crippen LogP contribution in [0.2, 0.25) is 0 Å². The van der Waals surface area contributed by atoms with E-state index in [9.17, 15) is 4.79 Å². The Morgan fingerprint density at radius 1 is 1.67 bits per heavy atom. The van der Waals surface area contributed by atoms with Crippen LogP contribution in [0, 0.1) is 0 Å². The standard InChI is InChI=1S/C11H17N3O2S.ClH/c1-7(2)9-6-17-11(13-9)14-10(15)8-5-16-4-3-12-8;/h6-8,12H,3-5H2,1-2H3,(H,13,14,15);1H. The van der Waals surface area contributed by atoms with Crippen LogP contribution in [0.5, 0.6) is 0 Å². The van der Waals surface area contributed by atoms with Crippen LogP contribution in [0.25, 0.3) is 0 Å². The summed E-state index contributed by atoms with van der Waals surface area (Å²) < 4.78 is 5.24. The molecule has 2 rings (SSSR count). The molecule has 1 atom stereocenters. The first kappa shape index (κ1) is 15.4. The van der Waals surface area contributed by atoms with E-state index >= 15 is 0 Å². The lowest BCUT2D eigenvalue weighted by Gasteiger charge is -2.22. The Kier molecular flexibility index (Phi) is 6.01. The molecule has 18 heavy (non-hydrogen) atoms. The Morgan fingerprint density at radius 2 is 2.44 bits per heavy atom. The topological polar surface area (TPSA) is 63.2 Å². The first-order valence-electron chi connectivity index (χ1n) is 5.74. The van der Waals surface area contributed by atoms with Gasteiger partial charge < -0.3 is 15.4 Å². The fourth-order valence-corrected chi connectivity index (χ4v) is 2.41. The zero-order chi connectivity index (χ0) is 12.3. The van der Waals surface area contributed by atoms with Crippen LogP contribution in [0.3, 0.4) is 0 Å². The van der Waals surface area contributed by atoms with Crippen LogP contribution in [0.15, 0.2) is 5.38 Å². The molecular weight excluding hydrogens is 274 g/mol. The van der Waals surface area contributed by atoms with Crippen LogP contribution >= 0.6 is 23.7 Å². The zero-order valence-electron chi connectivity index (χ0n) is 10.4. The number of ether oxygens (including phenoxy) is 1. The average Bonchev–Trinajstić information content (AvgIpc) is 2.79. The van der Waals surface area contributed by atoms with Crippen molar-refractivity contribution in [1.82, 2.24) is 10.3 Å². The van der Waals surface area contributed by atoms with Gasteiger partial charge in [0.05, 0.1) is 18.9 Å². The molecule has 5 nitrogen and oxygen atoms in total. The summed E-state index contributed by atoms with van der Waals surface area (Å²) in [6, 6.07) is -0.268. The lowest BCUT2D eigenvalue weighted by Crippen LogP contribution is -2.48. The van der Waals surface area contributed by atoms with E-state index in [1.807, 2.05) is 5.38 Å². The highest BCUT2D eigenvalue weighted by atomic mass is 35.5. The normalized spacial score (nSPS) is 19.4. The molecule has 0 aromatic carbocycles. The quantitative estimate of drug-likeness (QED) is 0.888. The first-order chi connectivity index (χ1) is 8.16. The third kappa shape index (κ3) is 3.91. The minimum atomic E-state index is -0.268. The van der Waals surface area contributed by atoms with Gasteiger partial charge in [0, 0.05) is 11.9 Å². The molecule has 0 saturated carbocycles. The van der Waals surface area contributed by atoms with E-state index in [0.29, 0.717) is 30.8 Å². The number of morpholine rings is 1. The summed E-state index contributed by atoms with van der Waals surface area (Å²) in [6.07, 6.45) is 0. The number of nitrogens with one attached hydrogen (secondary N) is 2. The monoisotopic (exact) mass is 291 g/mol. The maximum absolute atomic E-state index is 11.9. The molecule has 0 bridgehead atoms. The van der Waals surface area contributed by atoms with Gasteiger partial charge in [-0.05, 0) is 5.92 Å². The number of rotatable bonds is 3. The van der Waals surface area contributed by atoms with Crippen LogP contribution in [0.1, 0.15) is 25.5 Å². The third-order valence-electron chi connectivity index (χ3n) is 2.58. The molecule has 1 fully saturated rings. The molecule has 1 aliphatic rings. The highest BCUT2D eigenvalue weighted by molar-refractivity contribution is 7.13. The van der Waals surface area contributed by atoms with E-state index in [1.54, 1.807) is 0 Å². The maximum Gasteiger partial charge on any atom is 0.245 e. The van der Waals surface area contributed by atoms with E-state index in [4.69, 9.17) is 4.74 Å². The summed E-state index contributed by atoms with van der Waals surface area (Å²) in [4.78, 5) is 16.2. The number of anilines is 1. The summed E-state index contributed by atoms with van der Waals surface area (Å²) in [7, 11) is 0. The van der Waals surface area contributed by atoms with Crippen LogP contribution < -0.4 is 10.6 Å². The molecule has 102 valence electrons. The molecule has 0 radical (unpaired) electrons. The number of hydrogen-bond acceptors (Lipinski definition) is 5. The molecule has 1 aliphatic heterocycles. The number of carbonyl (C=O) groups excluding carboxylic acids is 1. The van der Waals surface area contributed by atoms with Gasteiger partial charge in [-0.15, -0.1) is 23.7 Å². The van der Waals surface area contributed by atoms with Gasteiger partial charge in [-0.25, -0.2) is 4.98 Å². The van der Waals surface area contributed by atoms with E-state index < -0.39 is 0 Å². The van der Waals surface area contributed by atoms with Crippen molar-refractivity contribution in [2.75, 3.05) is 25.1 Å². The highest BCUT2D eigenvalue weighted by Crippen LogP contribution is 2.21. The first-order valence-corrected chi connectivity index (χ1v) is 6.62. The summed E-state index contributed by atoms with van der Waals surface area (Å²) >= 11 is 1.46. The number of hydrogen-bond donors (Lipinski definition) is 2. The second kappa shape index (κ2) is 7.04. The van der Waals surface area contributed by atoms with Crippen molar-refractivity contribution < 1.29 is 9.53 Å². The number of nitrogens with zero attached hydrogens (tertiary/aromatic N) is 1. The van der Waals surface area contributed by atoms with Gasteiger partial charge in [-0.1, -0.05) is 13.8 Å². The van der Waals surface area contributed by atoms with E-state index in [0.717, 1.165) is 5.69 Å². The summed E-state index contributed by atoms with van der Waals surface area (Å²) in [5, 5.41) is 8.56.